The highest BCUT2D eigenvalue weighted by atomic mass is 35.5. The molecule has 0 heterocycles. The second kappa shape index (κ2) is 7.64. The normalized spacial score (nSPS) is 10.2. The molecule has 0 unspecified atom stereocenters. The zero-order valence-corrected chi connectivity index (χ0v) is 12.2. The number of anilines is 1. The molecule has 2 aromatic carbocycles. The molecule has 5 heteroatoms. The van der Waals surface area contributed by atoms with E-state index >= 15 is 0 Å². The van der Waals surface area contributed by atoms with E-state index in [2.05, 4.69) is 10.6 Å². The van der Waals surface area contributed by atoms with E-state index in [9.17, 15) is 9.18 Å². The van der Waals surface area contributed by atoms with Gasteiger partial charge in [0.2, 0.25) is 5.91 Å². The Morgan fingerprint density at radius 1 is 1.14 bits per heavy atom. The molecule has 0 aliphatic carbocycles. The minimum atomic E-state index is -0.330. The molecular weight excluding hydrogens is 291 g/mol. The van der Waals surface area contributed by atoms with Crippen LogP contribution < -0.4 is 10.6 Å². The Balaban J connectivity index is 1.69. The van der Waals surface area contributed by atoms with Gasteiger partial charge in [-0.05, 0) is 42.3 Å². The van der Waals surface area contributed by atoms with Crippen molar-refractivity contribution in [2.24, 2.45) is 0 Å². The Bertz CT molecular complexity index is 601. The topological polar surface area (TPSA) is 41.1 Å². The third kappa shape index (κ3) is 5.44. The highest BCUT2D eigenvalue weighted by Crippen LogP contribution is 2.10. The number of nitrogens with one attached hydrogen (secondary N) is 2. The maximum Gasteiger partial charge on any atom is 0.239 e. The fourth-order valence-electron chi connectivity index (χ4n) is 1.84. The Morgan fingerprint density at radius 2 is 1.90 bits per heavy atom. The summed E-state index contributed by atoms with van der Waals surface area (Å²) in [6.07, 6.45) is 0.739. The van der Waals surface area contributed by atoms with Gasteiger partial charge in [-0.2, -0.15) is 0 Å². The zero-order valence-electron chi connectivity index (χ0n) is 11.4. The Hall–Kier alpha value is -2.07. The minimum absolute atomic E-state index is 0.115. The summed E-state index contributed by atoms with van der Waals surface area (Å²) in [5.74, 6) is -0.462. The molecule has 2 N–H and O–H groups in total. The lowest BCUT2D eigenvalue weighted by Gasteiger charge is -2.08. The van der Waals surface area contributed by atoms with E-state index in [1.807, 2.05) is 24.3 Å². The molecule has 0 atom stereocenters. The summed E-state index contributed by atoms with van der Waals surface area (Å²) >= 11 is 5.80. The van der Waals surface area contributed by atoms with E-state index in [4.69, 9.17) is 11.6 Å². The van der Waals surface area contributed by atoms with Crippen molar-refractivity contribution < 1.29 is 9.18 Å². The van der Waals surface area contributed by atoms with Crippen molar-refractivity contribution in [3.8, 4) is 0 Å². The maximum absolute atomic E-state index is 13.0. The number of rotatable bonds is 6. The fraction of sp³-hybridized carbons (Fsp3) is 0.188. The van der Waals surface area contributed by atoms with Crippen molar-refractivity contribution in [1.82, 2.24) is 5.32 Å². The number of halogens is 2. The summed E-state index contributed by atoms with van der Waals surface area (Å²) in [5, 5.41) is 6.37. The molecule has 0 fully saturated rings. The number of carbonyl (C=O) groups excluding carboxylic acids is 1. The molecule has 0 aliphatic heterocycles. The van der Waals surface area contributed by atoms with Gasteiger partial charge in [-0.15, -0.1) is 0 Å². The van der Waals surface area contributed by atoms with Crippen LogP contribution in [0.25, 0.3) is 0 Å². The van der Waals surface area contributed by atoms with E-state index < -0.39 is 0 Å². The first-order chi connectivity index (χ1) is 10.1. The van der Waals surface area contributed by atoms with Crippen LogP contribution in [-0.4, -0.2) is 19.0 Å². The molecule has 0 radical (unpaired) electrons. The Kier molecular flexibility index (Phi) is 5.58. The fourth-order valence-corrected chi connectivity index (χ4v) is 1.97. The van der Waals surface area contributed by atoms with E-state index in [0.717, 1.165) is 12.0 Å². The first-order valence-electron chi connectivity index (χ1n) is 6.64. The van der Waals surface area contributed by atoms with Gasteiger partial charge in [-0.3, -0.25) is 4.79 Å². The first-order valence-corrected chi connectivity index (χ1v) is 7.02. The number of carbonyl (C=O) groups is 1. The molecule has 0 aromatic heterocycles. The highest BCUT2D eigenvalue weighted by molar-refractivity contribution is 6.30. The quantitative estimate of drug-likeness (QED) is 0.860. The molecule has 0 saturated carbocycles. The maximum atomic E-state index is 13.0. The molecule has 3 nitrogen and oxygen atoms in total. The van der Waals surface area contributed by atoms with E-state index in [1.165, 1.54) is 12.1 Å². The largest absolute Gasteiger partial charge is 0.376 e. The Labute approximate surface area is 128 Å². The van der Waals surface area contributed by atoms with E-state index in [1.54, 1.807) is 12.1 Å². The number of hydrogen-bond acceptors (Lipinski definition) is 2. The van der Waals surface area contributed by atoms with Crippen LogP contribution >= 0.6 is 11.6 Å². The lowest BCUT2D eigenvalue weighted by Crippen LogP contribution is -2.31. The van der Waals surface area contributed by atoms with Gasteiger partial charge >= 0.3 is 0 Å². The van der Waals surface area contributed by atoms with Crippen molar-refractivity contribution in [3.05, 3.63) is 64.9 Å². The van der Waals surface area contributed by atoms with Gasteiger partial charge < -0.3 is 10.6 Å². The lowest BCUT2D eigenvalue weighted by atomic mass is 10.1. The van der Waals surface area contributed by atoms with E-state index in [-0.39, 0.29) is 18.3 Å². The van der Waals surface area contributed by atoms with Crippen molar-refractivity contribution in [2.75, 3.05) is 18.4 Å². The number of benzene rings is 2. The second-order valence-corrected chi connectivity index (χ2v) is 5.03. The van der Waals surface area contributed by atoms with Crippen LogP contribution in [0.5, 0.6) is 0 Å². The number of hydrogen-bond donors (Lipinski definition) is 2. The van der Waals surface area contributed by atoms with Gasteiger partial charge in [0.05, 0.1) is 6.54 Å². The first kappa shape index (κ1) is 15.3. The monoisotopic (exact) mass is 306 g/mol. The minimum Gasteiger partial charge on any atom is -0.376 e. The average molecular weight is 307 g/mol. The van der Waals surface area contributed by atoms with Gasteiger partial charge in [0.25, 0.3) is 0 Å². The van der Waals surface area contributed by atoms with Crippen LogP contribution in [-0.2, 0) is 11.2 Å². The molecule has 2 aromatic rings. The third-order valence-corrected chi connectivity index (χ3v) is 3.18. The number of amides is 1. The molecule has 0 aliphatic rings. The zero-order chi connectivity index (χ0) is 15.1. The van der Waals surface area contributed by atoms with Gasteiger partial charge in [0, 0.05) is 17.3 Å². The average Bonchev–Trinajstić information content (AvgIpc) is 2.47. The van der Waals surface area contributed by atoms with Crippen LogP contribution in [0.2, 0.25) is 5.02 Å². The molecule has 21 heavy (non-hydrogen) atoms. The van der Waals surface area contributed by atoms with Crippen LogP contribution in [0.4, 0.5) is 10.1 Å². The van der Waals surface area contributed by atoms with Gasteiger partial charge in [0.15, 0.2) is 0 Å². The van der Waals surface area contributed by atoms with E-state index in [0.29, 0.717) is 17.3 Å². The summed E-state index contributed by atoms with van der Waals surface area (Å²) < 4.78 is 13.0. The standard InChI is InChI=1S/C16H16ClFN2O/c17-13-6-4-12(5-7-13)8-9-19-16(21)11-20-15-3-1-2-14(18)10-15/h1-7,10,20H,8-9,11H2,(H,19,21). The van der Waals surface area contributed by atoms with Crippen molar-refractivity contribution in [2.45, 2.75) is 6.42 Å². The summed E-state index contributed by atoms with van der Waals surface area (Å²) in [5.41, 5.74) is 1.70. The molecular formula is C16H16ClFN2O. The van der Waals surface area contributed by atoms with Gasteiger partial charge in [-0.1, -0.05) is 29.8 Å². The van der Waals surface area contributed by atoms with Crippen LogP contribution in [0, 0.1) is 5.82 Å². The SMILES string of the molecule is O=C(CNc1cccc(F)c1)NCCc1ccc(Cl)cc1. The molecule has 0 bridgehead atoms. The van der Waals surface area contributed by atoms with Crippen LogP contribution in [0.1, 0.15) is 5.56 Å². The Morgan fingerprint density at radius 3 is 2.62 bits per heavy atom. The highest BCUT2D eigenvalue weighted by Gasteiger charge is 2.01. The predicted molar refractivity (Wildman–Crippen MR) is 83.1 cm³/mol. The smallest absolute Gasteiger partial charge is 0.239 e. The predicted octanol–water partition coefficient (Wildman–Crippen LogP) is 3.25. The molecule has 1 amide bonds. The summed E-state index contributed by atoms with van der Waals surface area (Å²) in [4.78, 5) is 11.7. The second-order valence-electron chi connectivity index (χ2n) is 4.59. The molecule has 0 spiro atoms. The molecule has 0 saturated heterocycles. The van der Waals surface area contributed by atoms with Crippen LogP contribution in [0.15, 0.2) is 48.5 Å². The summed E-state index contributed by atoms with van der Waals surface area (Å²) in [6.45, 7) is 0.662. The summed E-state index contributed by atoms with van der Waals surface area (Å²) in [7, 11) is 0. The van der Waals surface area contributed by atoms with Crippen LogP contribution in [0.3, 0.4) is 0 Å². The summed E-state index contributed by atoms with van der Waals surface area (Å²) in [6, 6.07) is 13.5. The van der Waals surface area contributed by atoms with Gasteiger partial charge in [0.1, 0.15) is 5.82 Å². The van der Waals surface area contributed by atoms with Crippen molar-refractivity contribution >= 4 is 23.2 Å². The molecule has 110 valence electrons. The lowest BCUT2D eigenvalue weighted by molar-refractivity contribution is -0.119. The van der Waals surface area contributed by atoms with Crippen molar-refractivity contribution in [3.63, 3.8) is 0 Å². The third-order valence-electron chi connectivity index (χ3n) is 2.93. The van der Waals surface area contributed by atoms with Crippen molar-refractivity contribution in [1.29, 1.82) is 0 Å². The molecule has 2 rings (SSSR count). The van der Waals surface area contributed by atoms with Gasteiger partial charge in [-0.25, -0.2) is 4.39 Å².